The number of ether oxygens (including phenoxy) is 1. The second-order valence-corrected chi connectivity index (χ2v) is 10.3. The molecule has 34 heavy (non-hydrogen) atoms. The van der Waals surface area contributed by atoms with Gasteiger partial charge in [0.2, 0.25) is 5.78 Å². The number of rotatable bonds is 7. The molecule has 0 bridgehead atoms. The minimum Gasteiger partial charge on any atom is -0.484 e. The summed E-state index contributed by atoms with van der Waals surface area (Å²) in [5.74, 6) is -0.134. The summed E-state index contributed by atoms with van der Waals surface area (Å²) in [4.78, 5) is 27.4. The molecule has 174 valence electrons. The highest BCUT2D eigenvalue weighted by atomic mass is 32.2. The molecule has 3 heterocycles. The van der Waals surface area contributed by atoms with Crippen LogP contribution in [0.2, 0.25) is 0 Å². The van der Waals surface area contributed by atoms with Crippen molar-refractivity contribution in [1.82, 2.24) is 0 Å². The van der Waals surface area contributed by atoms with Gasteiger partial charge in [-0.1, -0.05) is 18.2 Å². The number of furan rings is 2. The molecule has 9 heteroatoms. The molecule has 4 aromatic rings. The van der Waals surface area contributed by atoms with E-state index < -0.39 is 15.9 Å². The summed E-state index contributed by atoms with van der Waals surface area (Å²) in [5, 5.41) is 0.535. The Morgan fingerprint density at radius 2 is 1.85 bits per heavy atom. The largest absolute Gasteiger partial charge is 0.484 e. The fraction of sp³-hybridized carbons (Fsp3) is 0.200. The molecule has 2 aromatic heterocycles. The number of fused-ring (bicyclic) bond motifs is 1. The van der Waals surface area contributed by atoms with Crippen LogP contribution in [0.5, 0.6) is 5.75 Å². The first-order valence-electron chi connectivity index (χ1n) is 10.7. The van der Waals surface area contributed by atoms with Crippen LogP contribution in [0.4, 0.5) is 5.69 Å². The van der Waals surface area contributed by atoms with Crippen LogP contribution in [0.25, 0.3) is 11.0 Å². The molecule has 8 nitrogen and oxygen atoms in total. The molecular formula is C25H21NO7S. The smallest absolute Gasteiger partial charge is 0.265 e. The van der Waals surface area contributed by atoms with Crippen LogP contribution in [0.15, 0.2) is 82.0 Å². The number of sulfone groups is 1. The maximum Gasteiger partial charge on any atom is 0.265 e. The fourth-order valence-corrected chi connectivity index (χ4v) is 5.85. The van der Waals surface area contributed by atoms with Gasteiger partial charge in [-0.3, -0.25) is 9.59 Å². The normalized spacial score (nSPS) is 17.0. The summed E-state index contributed by atoms with van der Waals surface area (Å²) < 4.78 is 40.5. The monoisotopic (exact) mass is 479 g/mol. The summed E-state index contributed by atoms with van der Waals surface area (Å²) in [7, 11) is -3.18. The van der Waals surface area contributed by atoms with Crippen LogP contribution < -0.4 is 9.64 Å². The second-order valence-electron chi connectivity index (χ2n) is 8.06. The second kappa shape index (κ2) is 8.83. The molecule has 0 unspecified atom stereocenters. The molecule has 0 spiro atoms. The van der Waals surface area contributed by atoms with Gasteiger partial charge in [0.1, 0.15) is 17.6 Å². The van der Waals surface area contributed by atoms with Gasteiger partial charge in [-0.05, 0) is 48.9 Å². The quantitative estimate of drug-likeness (QED) is 0.371. The predicted molar refractivity (Wildman–Crippen MR) is 125 cm³/mol. The number of anilines is 1. The Hall–Kier alpha value is -3.85. The Balaban J connectivity index is 1.37. The molecule has 1 aliphatic rings. The molecule has 5 rings (SSSR count). The molecule has 0 N–H and O–H groups in total. The van der Waals surface area contributed by atoms with E-state index in [1.165, 1.54) is 17.4 Å². The number of amides is 1. The van der Waals surface area contributed by atoms with E-state index in [0.717, 1.165) is 0 Å². The zero-order valence-corrected chi connectivity index (χ0v) is 18.9. The first kappa shape index (κ1) is 22.0. The van der Waals surface area contributed by atoms with E-state index in [9.17, 15) is 18.0 Å². The van der Waals surface area contributed by atoms with Crippen molar-refractivity contribution in [2.45, 2.75) is 12.5 Å². The Morgan fingerprint density at radius 1 is 1.03 bits per heavy atom. The zero-order valence-electron chi connectivity index (χ0n) is 18.0. The lowest BCUT2D eigenvalue weighted by molar-refractivity contribution is -0.121. The van der Waals surface area contributed by atoms with Gasteiger partial charge < -0.3 is 18.5 Å². The highest BCUT2D eigenvalue weighted by Gasteiger charge is 2.35. The molecule has 2 aromatic carbocycles. The third-order valence-corrected chi connectivity index (χ3v) is 7.52. The lowest BCUT2D eigenvalue weighted by Gasteiger charge is -2.28. The number of hydrogen-bond donors (Lipinski definition) is 0. The van der Waals surface area contributed by atoms with E-state index in [2.05, 4.69) is 0 Å². The average molecular weight is 480 g/mol. The molecule has 0 radical (unpaired) electrons. The summed E-state index contributed by atoms with van der Waals surface area (Å²) in [6.07, 6.45) is 3.16. The zero-order chi connectivity index (χ0) is 23.7. The van der Waals surface area contributed by atoms with Crippen molar-refractivity contribution >= 4 is 38.2 Å². The lowest BCUT2D eigenvalue weighted by atomic mass is 10.1. The Labute approximate surface area is 195 Å². The number of ketones is 1. The summed E-state index contributed by atoms with van der Waals surface area (Å²) in [5.41, 5.74) is 1.44. The summed E-state index contributed by atoms with van der Waals surface area (Å²) in [6, 6.07) is 16.7. The van der Waals surface area contributed by atoms with Gasteiger partial charge in [-0.2, -0.15) is 0 Å². The third kappa shape index (κ3) is 4.34. The molecule has 1 saturated heterocycles. The maximum absolute atomic E-state index is 13.2. The van der Waals surface area contributed by atoms with Crippen molar-refractivity contribution in [3.63, 3.8) is 0 Å². The van der Waals surface area contributed by atoms with Gasteiger partial charge in [0.05, 0.1) is 29.4 Å². The number of nitrogens with zero attached hydrogens (tertiary/aromatic N) is 1. The van der Waals surface area contributed by atoms with Crippen LogP contribution in [-0.4, -0.2) is 44.3 Å². The van der Waals surface area contributed by atoms with Gasteiger partial charge in [0.25, 0.3) is 5.91 Å². The lowest BCUT2D eigenvalue weighted by Crippen LogP contribution is -2.43. The molecule has 0 saturated carbocycles. The Morgan fingerprint density at radius 3 is 2.56 bits per heavy atom. The van der Waals surface area contributed by atoms with Crippen molar-refractivity contribution in [3.05, 3.63) is 84.5 Å². The fourth-order valence-electron chi connectivity index (χ4n) is 4.16. The van der Waals surface area contributed by atoms with E-state index in [-0.39, 0.29) is 35.6 Å². The van der Waals surface area contributed by atoms with Crippen LogP contribution in [-0.2, 0) is 14.6 Å². The van der Waals surface area contributed by atoms with Crippen LogP contribution in [0, 0.1) is 0 Å². The standard InChI is InChI=1S/C25H21NO7S/c27-24(26(17-5-2-1-3-6-17)18-10-12-34(29,30)16-18)15-32-19-8-9-22-20(13-19)21(14-33-22)25(28)23-7-4-11-31-23/h1-9,11,13-14,18H,10,12,15-16H2/t18-/m0/s1. The van der Waals surface area contributed by atoms with Crippen LogP contribution >= 0.6 is 0 Å². The molecule has 1 atom stereocenters. The number of carbonyl (C=O) groups excluding carboxylic acids is 2. The van der Waals surface area contributed by atoms with Gasteiger partial charge in [0.15, 0.2) is 22.2 Å². The van der Waals surface area contributed by atoms with Gasteiger partial charge in [0, 0.05) is 11.1 Å². The van der Waals surface area contributed by atoms with E-state index in [0.29, 0.717) is 34.4 Å². The van der Waals surface area contributed by atoms with Crippen LogP contribution in [0.3, 0.4) is 0 Å². The van der Waals surface area contributed by atoms with E-state index in [1.807, 2.05) is 6.07 Å². The van der Waals surface area contributed by atoms with Crippen molar-refractivity contribution in [2.24, 2.45) is 0 Å². The minimum absolute atomic E-state index is 0.0543. The first-order chi connectivity index (χ1) is 16.4. The number of para-hydroxylation sites is 1. The Bertz CT molecular complexity index is 1440. The average Bonchev–Trinajstić information content (AvgIpc) is 3.58. The SMILES string of the molecule is O=C(c1ccco1)c1coc2ccc(OCC(=O)N(c3ccccc3)[C@H]3CCS(=O)(=O)C3)cc12. The highest BCUT2D eigenvalue weighted by Crippen LogP contribution is 2.29. The predicted octanol–water partition coefficient (Wildman–Crippen LogP) is 3.86. The number of carbonyl (C=O) groups is 2. The molecule has 1 fully saturated rings. The molecular weight excluding hydrogens is 458 g/mol. The first-order valence-corrected chi connectivity index (χ1v) is 12.5. The van der Waals surface area contributed by atoms with Crippen molar-refractivity contribution in [2.75, 3.05) is 23.0 Å². The minimum atomic E-state index is -3.18. The van der Waals surface area contributed by atoms with Crippen LogP contribution in [0.1, 0.15) is 22.5 Å². The van der Waals surface area contributed by atoms with Crippen molar-refractivity contribution < 1.29 is 31.6 Å². The van der Waals surface area contributed by atoms with E-state index in [1.54, 1.807) is 54.6 Å². The molecule has 1 aliphatic heterocycles. The van der Waals surface area contributed by atoms with Gasteiger partial charge >= 0.3 is 0 Å². The maximum atomic E-state index is 13.2. The topological polar surface area (TPSA) is 107 Å². The number of benzene rings is 2. The number of hydrogen-bond acceptors (Lipinski definition) is 7. The van der Waals surface area contributed by atoms with Gasteiger partial charge in [-0.25, -0.2) is 8.42 Å². The molecule has 1 amide bonds. The van der Waals surface area contributed by atoms with E-state index >= 15 is 0 Å². The summed E-state index contributed by atoms with van der Waals surface area (Å²) in [6.45, 7) is -0.295. The van der Waals surface area contributed by atoms with Crippen molar-refractivity contribution in [1.29, 1.82) is 0 Å². The van der Waals surface area contributed by atoms with E-state index in [4.69, 9.17) is 13.6 Å². The third-order valence-electron chi connectivity index (χ3n) is 5.77. The van der Waals surface area contributed by atoms with Gasteiger partial charge in [-0.15, -0.1) is 0 Å². The molecule has 0 aliphatic carbocycles. The van der Waals surface area contributed by atoms with Crippen molar-refractivity contribution in [3.8, 4) is 5.75 Å². The summed E-state index contributed by atoms with van der Waals surface area (Å²) >= 11 is 0. The highest BCUT2D eigenvalue weighted by molar-refractivity contribution is 7.91. The Kier molecular flexibility index (Phi) is 5.70.